The van der Waals surface area contributed by atoms with Crippen molar-refractivity contribution in [1.29, 1.82) is 0 Å². The summed E-state index contributed by atoms with van der Waals surface area (Å²) in [6.07, 6.45) is 0. The number of nitrogens with zero attached hydrogens (tertiary/aromatic N) is 2. The van der Waals surface area contributed by atoms with Crippen LogP contribution < -0.4 is 5.73 Å². The Bertz CT molecular complexity index is 91.3. The Balaban J connectivity index is 3.63. The van der Waals surface area contributed by atoms with E-state index in [1.807, 2.05) is 6.92 Å². The van der Waals surface area contributed by atoms with Crippen LogP contribution >= 0.6 is 0 Å². The molecule has 0 spiro atoms. The molecule has 0 aliphatic carbocycles. The Morgan fingerprint density at radius 2 is 2.38 bits per heavy atom. The maximum absolute atomic E-state index is 8.06. The van der Waals surface area contributed by atoms with E-state index in [-0.39, 0.29) is 5.96 Å². The maximum Gasteiger partial charge on any atom is 0.233 e. The maximum atomic E-state index is 8.06. The predicted molar refractivity (Wildman–Crippen MR) is 31.7 cm³/mol. The Morgan fingerprint density at radius 3 is 2.50 bits per heavy atom. The molecule has 0 radical (unpaired) electrons. The van der Waals surface area contributed by atoms with Crippen LogP contribution in [-0.4, -0.2) is 29.7 Å². The molecule has 8 heavy (non-hydrogen) atoms. The third-order valence-electron chi connectivity index (χ3n) is 0.968. The highest BCUT2D eigenvalue weighted by atomic mass is 16.4. The molecule has 0 aliphatic heterocycles. The molecule has 48 valence electrons. The molecule has 0 aliphatic rings. The lowest BCUT2D eigenvalue weighted by atomic mass is 10.6. The molecule has 0 amide bonds. The van der Waals surface area contributed by atoms with Gasteiger partial charge in [-0.3, -0.25) is 0 Å². The van der Waals surface area contributed by atoms with Crippen molar-refractivity contribution in [2.24, 2.45) is 10.9 Å². The predicted octanol–water partition coefficient (Wildman–Crippen LogP) is -0.358. The van der Waals surface area contributed by atoms with Gasteiger partial charge in [-0.05, 0) is 6.92 Å². The molecular weight excluding hydrogens is 106 g/mol. The molecule has 0 bridgehead atoms. The molecule has 0 saturated carbocycles. The second-order valence-electron chi connectivity index (χ2n) is 1.47. The van der Waals surface area contributed by atoms with Crippen LogP contribution in [0.4, 0.5) is 0 Å². The van der Waals surface area contributed by atoms with Crippen molar-refractivity contribution in [1.82, 2.24) is 4.90 Å². The SMILES string of the molecule is CCN(C)/C(N)=N/O. The molecule has 0 rings (SSSR count). The van der Waals surface area contributed by atoms with Crippen LogP contribution in [0.3, 0.4) is 0 Å². The van der Waals surface area contributed by atoms with Gasteiger partial charge >= 0.3 is 0 Å². The van der Waals surface area contributed by atoms with Gasteiger partial charge in [0.15, 0.2) is 0 Å². The van der Waals surface area contributed by atoms with Crippen molar-refractivity contribution in [3.63, 3.8) is 0 Å². The quantitative estimate of drug-likeness (QED) is 0.213. The number of nitrogens with two attached hydrogens (primary N) is 1. The number of rotatable bonds is 1. The van der Waals surface area contributed by atoms with Crippen molar-refractivity contribution in [2.75, 3.05) is 13.6 Å². The molecular formula is C4H11N3O. The van der Waals surface area contributed by atoms with Gasteiger partial charge in [0, 0.05) is 13.6 Å². The fourth-order valence-corrected chi connectivity index (χ4v) is 0.238. The second-order valence-corrected chi connectivity index (χ2v) is 1.47. The molecule has 0 atom stereocenters. The topological polar surface area (TPSA) is 61.8 Å². The zero-order valence-electron chi connectivity index (χ0n) is 5.13. The molecule has 0 saturated heterocycles. The number of hydrogen-bond donors (Lipinski definition) is 2. The normalized spacial score (nSPS) is 11.5. The molecule has 0 aromatic heterocycles. The van der Waals surface area contributed by atoms with Gasteiger partial charge in [0.05, 0.1) is 0 Å². The summed E-state index contributed by atoms with van der Waals surface area (Å²) in [6.45, 7) is 2.66. The summed E-state index contributed by atoms with van der Waals surface area (Å²) < 4.78 is 0. The first-order valence-electron chi connectivity index (χ1n) is 2.41. The fraction of sp³-hybridized carbons (Fsp3) is 0.750. The first kappa shape index (κ1) is 7.07. The highest BCUT2D eigenvalue weighted by molar-refractivity contribution is 5.76. The third kappa shape index (κ3) is 1.68. The van der Waals surface area contributed by atoms with Crippen molar-refractivity contribution >= 4 is 5.96 Å². The van der Waals surface area contributed by atoms with Gasteiger partial charge < -0.3 is 15.8 Å². The van der Waals surface area contributed by atoms with Crippen LogP contribution in [-0.2, 0) is 0 Å². The van der Waals surface area contributed by atoms with Crippen molar-refractivity contribution in [3.8, 4) is 0 Å². The summed E-state index contributed by atoms with van der Waals surface area (Å²) in [5.41, 5.74) is 5.15. The summed E-state index contributed by atoms with van der Waals surface area (Å²) >= 11 is 0. The average Bonchev–Trinajstić information content (AvgIpc) is 1.84. The highest BCUT2D eigenvalue weighted by Crippen LogP contribution is 1.76. The molecule has 3 N–H and O–H groups in total. The van der Waals surface area contributed by atoms with Crippen LogP contribution in [0.1, 0.15) is 6.92 Å². The van der Waals surface area contributed by atoms with E-state index < -0.39 is 0 Å². The average molecular weight is 117 g/mol. The molecule has 0 aromatic carbocycles. The molecule has 0 unspecified atom stereocenters. The molecule has 0 aromatic rings. The fourth-order valence-electron chi connectivity index (χ4n) is 0.238. The van der Waals surface area contributed by atoms with Crippen molar-refractivity contribution in [3.05, 3.63) is 0 Å². The Morgan fingerprint density at radius 1 is 1.88 bits per heavy atom. The number of oxime groups is 1. The minimum Gasteiger partial charge on any atom is -0.408 e. The highest BCUT2D eigenvalue weighted by Gasteiger charge is 1.94. The lowest BCUT2D eigenvalue weighted by Crippen LogP contribution is -2.33. The largest absolute Gasteiger partial charge is 0.408 e. The monoisotopic (exact) mass is 117 g/mol. The summed E-state index contributed by atoms with van der Waals surface area (Å²) in [5, 5.41) is 10.8. The minimum atomic E-state index is 0.146. The lowest BCUT2D eigenvalue weighted by Gasteiger charge is -2.11. The summed E-state index contributed by atoms with van der Waals surface area (Å²) in [4.78, 5) is 1.62. The van der Waals surface area contributed by atoms with Gasteiger partial charge in [0.2, 0.25) is 5.96 Å². The van der Waals surface area contributed by atoms with Crippen LogP contribution in [0, 0.1) is 0 Å². The van der Waals surface area contributed by atoms with E-state index in [9.17, 15) is 0 Å². The van der Waals surface area contributed by atoms with Crippen LogP contribution in [0.15, 0.2) is 5.16 Å². The van der Waals surface area contributed by atoms with Gasteiger partial charge in [-0.25, -0.2) is 0 Å². The molecule has 4 nitrogen and oxygen atoms in total. The zero-order chi connectivity index (χ0) is 6.57. The second kappa shape index (κ2) is 3.12. The van der Waals surface area contributed by atoms with Crippen LogP contribution in [0.5, 0.6) is 0 Å². The van der Waals surface area contributed by atoms with Gasteiger partial charge in [-0.1, -0.05) is 5.16 Å². The Labute approximate surface area is 48.6 Å². The van der Waals surface area contributed by atoms with Gasteiger partial charge in [0.1, 0.15) is 0 Å². The van der Waals surface area contributed by atoms with Gasteiger partial charge in [0.25, 0.3) is 0 Å². The van der Waals surface area contributed by atoms with E-state index in [1.165, 1.54) is 0 Å². The smallest absolute Gasteiger partial charge is 0.233 e. The van der Waals surface area contributed by atoms with Crippen LogP contribution in [0.2, 0.25) is 0 Å². The van der Waals surface area contributed by atoms with E-state index in [1.54, 1.807) is 11.9 Å². The third-order valence-corrected chi connectivity index (χ3v) is 0.968. The Hall–Kier alpha value is -0.930. The summed E-state index contributed by atoms with van der Waals surface area (Å²) in [5.74, 6) is 0.146. The van der Waals surface area contributed by atoms with Gasteiger partial charge in [-0.2, -0.15) is 0 Å². The summed E-state index contributed by atoms with van der Waals surface area (Å²) in [6, 6.07) is 0. The van der Waals surface area contributed by atoms with E-state index in [2.05, 4.69) is 5.16 Å². The zero-order valence-corrected chi connectivity index (χ0v) is 5.13. The Kier molecular flexibility index (Phi) is 2.76. The van der Waals surface area contributed by atoms with E-state index in [4.69, 9.17) is 10.9 Å². The standard InChI is InChI=1S/C4H11N3O/c1-3-7(2)4(5)6-8/h8H,3H2,1-2H3,(H2,5,6). The lowest BCUT2D eigenvalue weighted by molar-refractivity contribution is 0.306. The first-order chi connectivity index (χ1) is 3.72. The molecule has 0 fully saturated rings. The van der Waals surface area contributed by atoms with E-state index in [0.717, 1.165) is 6.54 Å². The van der Waals surface area contributed by atoms with Crippen molar-refractivity contribution < 1.29 is 5.21 Å². The minimum absolute atomic E-state index is 0.146. The van der Waals surface area contributed by atoms with Crippen LogP contribution in [0.25, 0.3) is 0 Å². The van der Waals surface area contributed by atoms with E-state index in [0.29, 0.717) is 0 Å². The first-order valence-corrected chi connectivity index (χ1v) is 2.41. The van der Waals surface area contributed by atoms with Gasteiger partial charge in [-0.15, -0.1) is 0 Å². The van der Waals surface area contributed by atoms with E-state index >= 15 is 0 Å². The number of guanidine groups is 1. The molecule has 4 heteroatoms. The number of hydrogen-bond acceptors (Lipinski definition) is 2. The van der Waals surface area contributed by atoms with Crippen molar-refractivity contribution in [2.45, 2.75) is 6.92 Å². The summed E-state index contributed by atoms with van der Waals surface area (Å²) in [7, 11) is 1.75. The molecule has 0 heterocycles.